The zero-order valence-corrected chi connectivity index (χ0v) is 16.0. The van der Waals surface area contributed by atoms with Crippen LogP contribution in [0.5, 0.6) is 11.5 Å². The molecule has 1 aromatic heterocycles. The highest BCUT2D eigenvalue weighted by Gasteiger charge is 2.35. The monoisotopic (exact) mass is 392 g/mol. The summed E-state index contributed by atoms with van der Waals surface area (Å²) in [6.45, 7) is 0. The van der Waals surface area contributed by atoms with Gasteiger partial charge in [0.2, 0.25) is 5.91 Å². The largest absolute Gasteiger partial charge is 0.497 e. The fraction of sp³-hybridized carbons (Fsp3) is 0.190. The highest BCUT2D eigenvalue weighted by atomic mass is 16.5. The lowest BCUT2D eigenvalue weighted by molar-refractivity contribution is -0.123. The number of anilines is 2. The number of hydrogen-bond donors (Lipinski definition) is 2. The maximum Gasteiger partial charge on any atom is 0.251 e. The van der Waals surface area contributed by atoms with Gasteiger partial charge in [0.05, 0.1) is 32.5 Å². The smallest absolute Gasteiger partial charge is 0.251 e. The maximum atomic E-state index is 12.6. The maximum absolute atomic E-state index is 12.6. The number of hydrogen-bond acceptors (Lipinski definition) is 5. The van der Waals surface area contributed by atoms with Gasteiger partial charge in [0.25, 0.3) is 5.91 Å². The van der Waals surface area contributed by atoms with E-state index in [4.69, 9.17) is 9.47 Å². The van der Waals surface area contributed by atoms with Gasteiger partial charge in [-0.2, -0.15) is 5.10 Å². The number of carbonyl (C=O) groups excluding carboxylic acids is 2. The summed E-state index contributed by atoms with van der Waals surface area (Å²) >= 11 is 0. The molecule has 2 aromatic carbocycles. The van der Waals surface area contributed by atoms with Crippen LogP contribution >= 0.6 is 0 Å². The summed E-state index contributed by atoms with van der Waals surface area (Å²) < 4.78 is 12.0. The first-order valence-corrected chi connectivity index (χ1v) is 9.06. The van der Waals surface area contributed by atoms with Crippen LogP contribution in [-0.2, 0) is 9.59 Å². The van der Waals surface area contributed by atoms with E-state index in [-0.39, 0.29) is 18.2 Å². The molecule has 2 N–H and O–H groups in total. The number of carbonyl (C=O) groups is 2. The van der Waals surface area contributed by atoms with Crippen LogP contribution in [0.3, 0.4) is 0 Å². The molecule has 0 fully saturated rings. The third kappa shape index (κ3) is 3.52. The van der Waals surface area contributed by atoms with Crippen molar-refractivity contribution in [2.45, 2.75) is 12.5 Å². The van der Waals surface area contributed by atoms with E-state index >= 15 is 0 Å². The predicted molar refractivity (Wildman–Crippen MR) is 108 cm³/mol. The molecule has 0 saturated heterocycles. The molecule has 1 aliphatic heterocycles. The summed E-state index contributed by atoms with van der Waals surface area (Å²) in [4.78, 5) is 25.1. The van der Waals surface area contributed by atoms with Crippen LogP contribution in [0.1, 0.15) is 12.5 Å². The van der Waals surface area contributed by atoms with Crippen LogP contribution in [0, 0.1) is 0 Å². The van der Waals surface area contributed by atoms with Crippen molar-refractivity contribution in [3.05, 3.63) is 54.7 Å². The number of fused-ring (bicyclic) bond motifs is 1. The molecule has 2 heterocycles. The van der Waals surface area contributed by atoms with Gasteiger partial charge < -0.3 is 20.1 Å². The number of amides is 2. The minimum absolute atomic E-state index is 0.0517. The lowest BCUT2D eigenvalue weighted by atomic mass is 10.1. The number of rotatable bonds is 6. The molecule has 2 amide bonds. The Morgan fingerprint density at radius 1 is 1.17 bits per heavy atom. The van der Waals surface area contributed by atoms with Gasteiger partial charge in [0.15, 0.2) is 0 Å². The van der Waals surface area contributed by atoms with E-state index in [0.717, 1.165) is 11.1 Å². The molecule has 4 rings (SSSR count). The molecule has 0 radical (unpaired) electrons. The summed E-state index contributed by atoms with van der Waals surface area (Å²) in [5.74, 6) is 1.10. The van der Waals surface area contributed by atoms with Gasteiger partial charge in [-0.25, -0.2) is 4.68 Å². The molecule has 3 aromatic rings. The van der Waals surface area contributed by atoms with Crippen LogP contribution in [-0.4, -0.2) is 35.8 Å². The van der Waals surface area contributed by atoms with Crippen molar-refractivity contribution in [3.63, 3.8) is 0 Å². The quantitative estimate of drug-likeness (QED) is 0.672. The molecule has 148 valence electrons. The first-order chi connectivity index (χ1) is 14.1. The minimum atomic E-state index is -0.716. The third-order valence-corrected chi connectivity index (χ3v) is 4.78. The summed E-state index contributed by atoms with van der Waals surface area (Å²) in [6.07, 6.45) is 1.64. The van der Waals surface area contributed by atoms with Gasteiger partial charge in [-0.1, -0.05) is 30.3 Å². The second-order valence-corrected chi connectivity index (χ2v) is 6.54. The van der Waals surface area contributed by atoms with Crippen molar-refractivity contribution in [1.29, 1.82) is 0 Å². The van der Waals surface area contributed by atoms with Crippen molar-refractivity contribution in [1.82, 2.24) is 9.78 Å². The van der Waals surface area contributed by atoms with Crippen molar-refractivity contribution in [2.24, 2.45) is 0 Å². The molecular weight excluding hydrogens is 372 g/mol. The molecule has 1 unspecified atom stereocenters. The standard InChI is InChI=1S/C21H20N4O4/c1-28-14-8-9-16(18(10-14)29-2)23-19(26)11-17-21(27)24-20-15(12-22-25(17)20)13-6-4-3-5-7-13/h3-10,12,17H,11H2,1-2H3,(H,23,26)(H,24,27). The predicted octanol–water partition coefficient (Wildman–Crippen LogP) is 3.09. The Bertz CT molecular complexity index is 1060. The molecule has 0 saturated carbocycles. The molecule has 1 aliphatic rings. The van der Waals surface area contributed by atoms with Gasteiger partial charge in [-0.3, -0.25) is 9.59 Å². The fourth-order valence-corrected chi connectivity index (χ4v) is 3.32. The highest BCUT2D eigenvalue weighted by Crippen LogP contribution is 2.36. The topological polar surface area (TPSA) is 94.5 Å². The number of benzene rings is 2. The first kappa shape index (κ1) is 18.5. The van der Waals surface area contributed by atoms with E-state index in [0.29, 0.717) is 23.0 Å². The average molecular weight is 392 g/mol. The zero-order chi connectivity index (χ0) is 20.4. The summed E-state index contributed by atoms with van der Waals surface area (Å²) in [7, 11) is 3.06. The van der Waals surface area contributed by atoms with Gasteiger partial charge in [-0.05, 0) is 17.7 Å². The summed E-state index contributed by atoms with van der Waals surface area (Å²) in [5.41, 5.74) is 2.27. The SMILES string of the molecule is COc1ccc(NC(=O)CC2C(=O)Nc3c(-c4ccccc4)cnn32)c(OC)c1. The van der Waals surface area contributed by atoms with E-state index in [9.17, 15) is 9.59 Å². The molecule has 1 atom stereocenters. The van der Waals surface area contributed by atoms with Crippen LogP contribution in [0.25, 0.3) is 11.1 Å². The molecule has 29 heavy (non-hydrogen) atoms. The Morgan fingerprint density at radius 3 is 2.69 bits per heavy atom. The molecule has 8 heteroatoms. The van der Waals surface area contributed by atoms with Crippen LogP contribution in [0.4, 0.5) is 11.5 Å². The number of methoxy groups -OCH3 is 2. The third-order valence-electron chi connectivity index (χ3n) is 4.78. The van der Waals surface area contributed by atoms with E-state index in [2.05, 4.69) is 15.7 Å². The van der Waals surface area contributed by atoms with Crippen molar-refractivity contribution < 1.29 is 19.1 Å². The van der Waals surface area contributed by atoms with Gasteiger partial charge in [0, 0.05) is 11.6 Å². The van der Waals surface area contributed by atoms with E-state index in [1.165, 1.54) is 7.11 Å². The lowest BCUT2D eigenvalue weighted by Crippen LogP contribution is -2.23. The van der Waals surface area contributed by atoms with E-state index in [1.54, 1.807) is 36.2 Å². The molecule has 0 bridgehead atoms. The van der Waals surface area contributed by atoms with Gasteiger partial charge in [-0.15, -0.1) is 0 Å². The van der Waals surface area contributed by atoms with Crippen molar-refractivity contribution >= 4 is 23.3 Å². The molecule has 8 nitrogen and oxygen atoms in total. The summed E-state index contributed by atoms with van der Waals surface area (Å²) in [5, 5.41) is 9.96. The number of nitrogens with zero attached hydrogens (tertiary/aromatic N) is 2. The summed E-state index contributed by atoms with van der Waals surface area (Å²) in [6, 6.07) is 14.0. The number of aromatic nitrogens is 2. The molecular formula is C21H20N4O4. The van der Waals surface area contributed by atoms with Crippen molar-refractivity contribution in [2.75, 3.05) is 24.9 Å². The molecule has 0 spiro atoms. The average Bonchev–Trinajstić information content (AvgIpc) is 3.28. The van der Waals surface area contributed by atoms with E-state index < -0.39 is 6.04 Å². The molecule has 0 aliphatic carbocycles. The lowest BCUT2D eigenvalue weighted by Gasteiger charge is -2.13. The highest BCUT2D eigenvalue weighted by molar-refractivity contribution is 6.04. The second-order valence-electron chi connectivity index (χ2n) is 6.54. The van der Waals surface area contributed by atoms with Gasteiger partial charge >= 0.3 is 0 Å². The zero-order valence-electron chi connectivity index (χ0n) is 16.0. The first-order valence-electron chi connectivity index (χ1n) is 9.06. The normalized spacial score (nSPS) is 14.8. The van der Waals surface area contributed by atoms with Crippen molar-refractivity contribution in [3.8, 4) is 22.6 Å². The second kappa shape index (κ2) is 7.67. The van der Waals surface area contributed by atoms with Crippen LogP contribution in [0.2, 0.25) is 0 Å². The number of ether oxygens (including phenoxy) is 2. The van der Waals surface area contributed by atoms with Crippen LogP contribution in [0.15, 0.2) is 54.7 Å². The Morgan fingerprint density at radius 2 is 1.97 bits per heavy atom. The van der Waals surface area contributed by atoms with Gasteiger partial charge in [0.1, 0.15) is 23.4 Å². The van der Waals surface area contributed by atoms with E-state index in [1.807, 2.05) is 30.3 Å². The Hall–Kier alpha value is -3.81. The fourth-order valence-electron chi connectivity index (χ4n) is 3.32. The van der Waals surface area contributed by atoms with Crippen LogP contribution < -0.4 is 20.1 Å². The minimum Gasteiger partial charge on any atom is -0.497 e. The Labute approximate surface area is 167 Å². The Balaban J connectivity index is 1.52. The Kier molecular flexibility index (Phi) is 4.90. The number of nitrogens with one attached hydrogen (secondary N) is 2.